The van der Waals surface area contributed by atoms with Gasteiger partial charge in [0.15, 0.2) is 0 Å². The summed E-state index contributed by atoms with van der Waals surface area (Å²) in [6.07, 6.45) is 1.02. The topological polar surface area (TPSA) is 49.9 Å². The average molecular weight is 290 g/mol. The van der Waals surface area contributed by atoms with Crippen molar-refractivity contribution in [2.75, 3.05) is 20.3 Å². The molecule has 0 radical (unpaired) electrons. The maximum absolute atomic E-state index is 13.7. The lowest BCUT2D eigenvalue weighted by Crippen LogP contribution is -2.53. The number of nitrogens with zero attached hydrogens (tertiary/aromatic N) is 2. The molecule has 0 aromatic carbocycles. The second kappa shape index (κ2) is 5.73. The second-order valence-electron chi connectivity index (χ2n) is 5.53. The highest BCUT2D eigenvalue weighted by Crippen LogP contribution is 2.38. The van der Waals surface area contributed by atoms with E-state index >= 15 is 0 Å². The van der Waals surface area contributed by atoms with Crippen molar-refractivity contribution in [3.63, 3.8) is 0 Å². The molecule has 0 bridgehead atoms. The molecule has 20 heavy (non-hydrogen) atoms. The Morgan fingerprint density at radius 2 is 2.15 bits per heavy atom. The van der Waals surface area contributed by atoms with Crippen molar-refractivity contribution < 1.29 is 23.1 Å². The van der Waals surface area contributed by atoms with Crippen LogP contribution in [0.3, 0.4) is 0 Å². The fraction of sp³-hybridized carbons (Fsp3) is 0.846. The van der Waals surface area contributed by atoms with Crippen LogP contribution in [0.5, 0.6) is 0 Å². The number of carbonyl (C=O) groups excluding carboxylic acids is 2. The number of hydrogen-bond donors (Lipinski definition) is 0. The van der Waals surface area contributed by atoms with Crippen LogP contribution in [0, 0.1) is 0 Å². The van der Waals surface area contributed by atoms with Crippen molar-refractivity contribution in [2.24, 2.45) is 0 Å². The molecule has 5 nitrogen and oxygen atoms in total. The Morgan fingerprint density at radius 1 is 1.45 bits per heavy atom. The third-order valence-electron chi connectivity index (χ3n) is 3.86. The van der Waals surface area contributed by atoms with Crippen LogP contribution in [-0.2, 0) is 14.3 Å². The summed E-state index contributed by atoms with van der Waals surface area (Å²) in [4.78, 5) is 23.2. The summed E-state index contributed by atoms with van der Waals surface area (Å²) in [5.41, 5.74) is 0. The second-order valence-corrected chi connectivity index (χ2v) is 5.53. The van der Waals surface area contributed by atoms with Crippen molar-refractivity contribution in [2.45, 2.75) is 50.6 Å². The number of methoxy groups -OCH3 is 1. The molecule has 2 rings (SSSR count). The van der Waals surface area contributed by atoms with Crippen LogP contribution in [-0.4, -0.2) is 60.0 Å². The number of amides is 1. The molecule has 2 saturated heterocycles. The smallest absolute Gasteiger partial charge is 0.328 e. The standard InChI is InChI=1S/C13H20F2N2O3/c1-9(18)6-11-7-13(14,15)12(19)17(11)16-5-3-4-10(16)8-20-2/h10-11H,3-8H2,1-2H3/t10-,11?/m0/s1. The molecule has 7 heteroatoms. The molecule has 0 aromatic heterocycles. The van der Waals surface area contributed by atoms with Gasteiger partial charge in [0.05, 0.1) is 18.7 Å². The number of ether oxygens (including phenoxy) is 1. The predicted octanol–water partition coefficient (Wildman–Crippen LogP) is 1.23. The molecule has 2 heterocycles. The zero-order chi connectivity index (χ0) is 14.9. The van der Waals surface area contributed by atoms with Gasteiger partial charge in [0, 0.05) is 26.5 Å². The van der Waals surface area contributed by atoms with Gasteiger partial charge in [-0.2, -0.15) is 8.78 Å². The highest BCUT2D eigenvalue weighted by molar-refractivity contribution is 5.87. The Balaban J connectivity index is 2.20. The average Bonchev–Trinajstić information content (AvgIpc) is 2.84. The van der Waals surface area contributed by atoms with E-state index in [9.17, 15) is 18.4 Å². The van der Waals surface area contributed by atoms with Gasteiger partial charge in [0.2, 0.25) is 0 Å². The van der Waals surface area contributed by atoms with Gasteiger partial charge in [-0.15, -0.1) is 0 Å². The van der Waals surface area contributed by atoms with Crippen LogP contribution in [0.4, 0.5) is 8.78 Å². The first-order chi connectivity index (χ1) is 9.36. The maximum atomic E-state index is 13.7. The molecule has 2 aliphatic heterocycles. The maximum Gasteiger partial charge on any atom is 0.328 e. The molecule has 0 aliphatic carbocycles. The van der Waals surface area contributed by atoms with E-state index in [1.807, 2.05) is 0 Å². The first kappa shape index (κ1) is 15.3. The summed E-state index contributed by atoms with van der Waals surface area (Å²) in [5.74, 6) is -4.75. The third kappa shape index (κ3) is 2.83. The third-order valence-corrected chi connectivity index (χ3v) is 3.86. The van der Waals surface area contributed by atoms with Crippen LogP contribution < -0.4 is 0 Å². The van der Waals surface area contributed by atoms with E-state index in [0.29, 0.717) is 13.2 Å². The normalized spacial score (nSPS) is 30.2. The van der Waals surface area contributed by atoms with E-state index in [1.165, 1.54) is 6.92 Å². The number of hydrogen-bond acceptors (Lipinski definition) is 4. The van der Waals surface area contributed by atoms with Gasteiger partial charge in [-0.3, -0.25) is 14.6 Å². The van der Waals surface area contributed by atoms with Crippen LogP contribution in [0.2, 0.25) is 0 Å². The van der Waals surface area contributed by atoms with Gasteiger partial charge in [-0.05, 0) is 19.8 Å². The van der Waals surface area contributed by atoms with Crippen LogP contribution in [0.1, 0.15) is 32.6 Å². The first-order valence-electron chi connectivity index (χ1n) is 6.83. The molecule has 0 saturated carbocycles. The Labute approximate surface area is 116 Å². The first-order valence-corrected chi connectivity index (χ1v) is 6.83. The molecule has 2 atom stereocenters. The van der Waals surface area contributed by atoms with Crippen molar-refractivity contribution in [1.29, 1.82) is 0 Å². The summed E-state index contributed by atoms with van der Waals surface area (Å²) in [6.45, 7) is 2.29. The number of carbonyl (C=O) groups is 2. The van der Waals surface area contributed by atoms with E-state index in [4.69, 9.17) is 4.74 Å². The van der Waals surface area contributed by atoms with E-state index in [2.05, 4.69) is 0 Å². The number of alkyl halides is 2. The van der Waals surface area contributed by atoms with Gasteiger partial charge >= 0.3 is 11.8 Å². The fourth-order valence-electron chi connectivity index (χ4n) is 3.09. The molecular weight excluding hydrogens is 270 g/mol. The van der Waals surface area contributed by atoms with Gasteiger partial charge in [-0.1, -0.05) is 0 Å². The van der Waals surface area contributed by atoms with Crippen LogP contribution >= 0.6 is 0 Å². The quantitative estimate of drug-likeness (QED) is 0.764. The van der Waals surface area contributed by atoms with E-state index < -0.39 is 24.3 Å². The highest BCUT2D eigenvalue weighted by atomic mass is 19.3. The fourth-order valence-corrected chi connectivity index (χ4v) is 3.09. The number of rotatable bonds is 5. The highest BCUT2D eigenvalue weighted by Gasteiger charge is 2.56. The number of halogens is 2. The molecule has 1 amide bonds. The van der Waals surface area contributed by atoms with Crippen LogP contribution in [0.25, 0.3) is 0 Å². The minimum atomic E-state index is -3.37. The Bertz CT molecular complexity index is 403. The molecular formula is C13H20F2N2O3. The summed E-state index contributed by atoms with van der Waals surface area (Å²) in [5, 5.41) is 2.79. The summed E-state index contributed by atoms with van der Waals surface area (Å²) in [7, 11) is 1.55. The van der Waals surface area contributed by atoms with E-state index in [1.54, 1.807) is 12.1 Å². The molecule has 0 N–H and O–H groups in total. The lowest BCUT2D eigenvalue weighted by molar-refractivity contribution is -0.166. The molecule has 0 aromatic rings. The van der Waals surface area contributed by atoms with Crippen molar-refractivity contribution in [3.8, 4) is 0 Å². The summed E-state index contributed by atoms with van der Waals surface area (Å²) >= 11 is 0. The Hall–Kier alpha value is -1.08. The SMILES string of the molecule is COC[C@@H]1CCCN1N1C(=O)C(F)(F)CC1CC(C)=O. The van der Waals surface area contributed by atoms with Gasteiger partial charge in [0.1, 0.15) is 5.78 Å². The van der Waals surface area contributed by atoms with E-state index in [0.717, 1.165) is 17.9 Å². The summed E-state index contributed by atoms with van der Waals surface area (Å²) < 4.78 is 32.5. The van der Waals surface area contributed by atoms with Gasteiger partial charge in [0.25, 0.3) is 0 Å². The van der Waals surface area contributed by atoms with Gasteiger partial charge < -0.3 is 4.74 Å². The zero-order valence-corrected chi connectivity index (χ0v) is 11.8. The Morgan fingerprint density at radius 3 is 2.75 bits per heavy atom. The molecule has 2 fully saturated rings. The molecule has 0 spiro atoms. The lowest BCUT2D eigenvalue weighted by Gasteiger charge is -2.36. The number of hydrazine groups is 1. The van der Waals surface area contributed by atoms with Crippen molar-refractivity contribution in [3.05, 3.63) is 0 Å². The minimum Gasteiger partial charge on any atom is -0.383 e. The van der Waals surface area contributed by atoms with Crippen LogP contribution in [0.15, 0.2) is 0 Å². The monoisotopic (exact) mass is 290 g/mol. The largest absolute Gasteiger partial charge is 0.383 e. The minimum absolute atomic E-state index is 0.0302. The summed E-state index contributed by atoms with van der Waals surface area (Å²) in [6, 6.07) is -0.820. The zero-order valence-electron chi connectivity index (χ0n) is 11.8. The number of ketones is 1. The van der Waals surface area contributed by atoms with Crippen molar-refractivity contribution >= 4 is 11.7 Å². The molecule has 1 unspecified atom stereocenters. The number of Topliss-reactive ketones (excluding diaryl/α,β-unsaturated/α-hetero) is 1. The molecule has 2 aliphatic rings. The lowest BCUT2D eigenvalue weighted by atomic mass is 10.1. The predicted molar refractivity (Wildman–Crippen MR) is 67.1 cm³/mol. The molecule has 114 valence electrons. The van der Waals surface area contributed by atoms with E-state index in [-0.39, 0.29) is 18.2 Å². The van der Waals surface area contributed by atoms with Crippen molar-refractivity contribution in [1.82, 2.24) is 10.0 Å². The van der Waals surface area contributed by atoms with Gasteiger partial charge in [-0.25, -0.2) is 5.01 Å². The Kier molecular flexibility index (Phi) is 4.39.